The summed E-state index contributed by atoms with van der Waals surface area (Å²) in [5, 5.41) is 9.64. The Morgan fingerprint density at radius 3 is 2.40 bits per heavy atom. The van der Waals surface area contributed by atoms with Crippen molar-refractivity contribution in [3.8, 4) is 11.3 Å². The van der Waals surface area contributed by atoms with Crippen LogP contribution < -0.4 is 4.90 Å². The van der Waals surface area contributed by atoms with Crippen molar-refractivity contribution in [2.45, 2.75) is 33.1 Å². The van der Waals surface area contributed by atoms with Crippen LogP contribution >= 0.6 is 23.2 Å². The van der Waals surface area contributed by atoms with E-state index in [1.54, 1.807) is 40.7 Å². The Morgan fingerprint density at radius 2 is 1.74 bits per heavy atom. The van der Waals surface area contributed by atoms with E-state index in [9.17, 15) is 4.79 Å². The number of halogens is 2. The fraction of sp³-hybridized carbons (Fsp3) is 0.375. The van der Waals surface area contributed by atoms with Gasteiger partial charge in [0.2, 0.25) is 5.95 Å². The number of fused-ring (bicyclic) bond motifs is 1. The zero-order valence-corrected chi connectivity index (χ0v) is 21.4. The van der Waals surface area contributed by atoms with Gasteiger partial charge in [0.05, 0.1) is 15.7 Å². The first kappa shape index (κ1) is 23.6. The minimum absolute atomic E-state index is 0.101. The highest BCUT2D eigenvalue weighted by atomic mass is 35.5. The number of hydrogen-bond acceptors (Lipinski definition) is 7. The van der Waals surface area contributed by atoms with Crippen LogP contribution in [0.2, 0.25) is 10.0 Å². The van der Waals surface area contributed by atoms with Gasteiger partial charge in [0.15, 0.2) is 0 Å². The first-order valence-corrected chi connectivity index (χ1v) is 12.1. The average Bonchev–Trinajstić information content (AvgIpc) is 3.41. The molecule has 1 amide bonds. The van der Waals surface area contributed by atoms with Crippen molar-refractivity contribution in [2.75, 3.05) is 31.1 Å². The van der Waals surface area contributed by atoms with Crippen molar-refractivity contribution >= 4 is 40.8 Å². The molecule has 11 heteroatoms. The molecule has 0 atom stereocenters. The molecule has 1 fully saturated rings. The average molecular weight is 514 g/mol. The number of anilines is 1. The molecule has 9 nitrogen and oxygen atoms in total. The van der Waals surface area contributed by atoms with Gasteiger partial charge in [-0.25, -0.2) is 4.98 Å². The van der Waals surface area contributed by atoms with Crippen LogP contribution in [-0.4, -0.2) is 61.7 Å². The molecule has 5 rings (SSSR count). The van der Waals surface area contributed by atoms with Crippen LogP contribution in [0.4, 0.5) is 5.95 Å². The van der Waals surface area contributed by atoms with Gasteiger partial charge >= 0.3 is 0 Å². The molecule has 0 aliphatic carbocycles. The first-order chi connectivity index (χ1) is 16.6. The second-order valence-electron chi connectivity index (χ2n) is 9.54. The molecule has 0 bridgehead atoms. The molecular weight excluding hydrogens is 489 g/mol. The van der Waals surface area contributed by atoms with Gasteiger partial charge in [0, 0.05) is 43.4 Å². The van der Waals surface area contributed by atoms with Crippen molar-refractivity contribution < 1.29 is 9.32 Å². The molecule has 0 radical (unpaired) electrons. The zero-order valence-electron chi connectivity index (χ0n) is 19.9. The third-order valence-electron chi connectivity index (χ3n) is 6.12. The second kappa shape index (κ2) is 8.80. The van der Waals surface area contributed by atoms with Gasteiger partial charge in [0.1, 0.15) is 17.0 Å². The monoisotopic (exact) mass is 513 g/mol. The van der Waals surface area contributed by atoms with Crippen molar-refractivity contribution in [1.82, 2.24) is 29.6 Å². The summed E-state index contributed by atoms with van der Waals surface area (Å²) in [6.07, 6.45) is 1.76. The summed E-state index contributed by atoms with van der Waals surface area (Å²) in [5.41, 5.74) is 2.15. The quantitative estimate of drug-likeness (QED) is 0.393. The number of aryl methyl sites for hydroxylation is 1. The molecule has 3 aromatic heterocycles. The SMILES string of the molecule is Cc1onc(-c2c(Cl)cccc2Cl)c1C(=O)N1CCN(c2nc3nccc(C(C)(C)C)n3n2)CC1. The van der Waals surface area contributed by atoms with Gasteiger partial charge in [0.25, 0.3) is 11.7 Å². The largest absolute Gasteiger partial charge is 0.360 e. The molecule has 1 aromatic carbocycles. The fourth-order valence-corrected chi connectivity index (χ4v) is 4.85. The smallest absolute Gasteiger partial charge is 0.259 e. The number of carbonyl (C=O) groups is 1. The van der Waals surface area contributed by atoms with E-state index >= 15 is 0 Å². The summed E-state index contributed by atoms with van der Waals surface area (Å²) in [5.74, 6) is 1.42. The third-order valence-corrected chi connectivity index (χ3v) is 6.75. The number of aromatic nitrogens is 5. The molecule has 0 unspecified atom stereocenters. The predicted molar refractivity (Wildman–Crippen MR) is 134 cm³/mol. The standard InChI is InChI=1S/C24H25Cl2N7O2/c1-14-18(20(30-35-14)19-15(25)6-5-7-16(19)26)21(34)31-10-12-32(13-11-31)23-28-22-27-9-8-17(24(2,3)4)33(22)29-23/h5-9H,10-13H2,1-4H3. The van der Waals surface area contributed by atoms with Crippen LogP contribution in [0.1, 0.15) is 42.6 Å². The van der Waals surface area contributed by atoms with Crippen molar-refractivity contribution in [3.63, 3.8) is 0 Å². The van der Waals surface area contributed by atoms with Crippen molar-refractivity contribution in [2.24, 2.45) is 0 Å². The van der Waals surface area contributed by atoms with E-state index in [1.165, 1.54) is 0 Å². The summed E-state index contributed by atoms with van der Waals surface area (Å²) < 4.78 is 7.18. The molecule has 0 N–H and O–H groups in total. The maximum absolute atomic E-state index is 13.5. The van der Waals surface area contributed by atoms with E-state index in [2.05, 4.69) is 40.8 Å². The molecule has 4 heterocycles. The van der Waals surface area contributed by atoms with E-state index in [-0.39, 0.29) is 11.3 Å². The van der Waals surface area contributed by atoms with Crippen molar-refractivity contribution in [3.05, 3.63) is 57.5 Å². The van der Waals surface area contributed by atoms with Gasteiger partial charge in [-0.15, -0.1) is 5.10 Å². The van der Waals surface area contributed by atoms with Gasteiger partial charge in [-0.1, -0.05) is 55.2 Å². The lowest BCUT2D eigenvalue weighted by Gasteiger charge is -2.34. The Labute approximate surface area is 212 Å². The Bertz CT molecular complexity index is 1400. The number of nitrogens with zero attached hydrogens (tertiary/aromatic N) is 7. The number of carbonyl (C=O) groups excluding carboxylic acids is 1. The molecule has 35 heavy (non-hydrogen) atoms. The highest BCUT2D eigenvalue weighted by molar-refractivity contribution is 6.39. The lowest BCUT2D eigenvalue weighted by atomic mass is 9.92. The number of benzene rings is 1. The molecule has 182 valence electrons. The Balaban J connectivity index is 1.37. The van der Waals surface area contributed by atoms with Crippen LogP contribution in [0.5, 0.6) is 0 Å². The summed E-state index contributed by atoms with van der Waals surface area (Å²) in [6, 6.07) is 7.13. The van der Waals surface area contributed by atoms with E-state index in [1.807, 2.05) is 6.07 Å². The first-order valence-electron chi connectivity index (χ1n) is 11.3. The number of piperazine rings is 1. The third kappa shape index (κ3) is 4.23. The molecular formula is C24H25Cl2N7O2. The van der Waals surface area contributed by atoms with E-state index < -0.39 is 0 Å². The van der Waals surface area contributed by atoms with Gasteiger partial charge < -0.3 is 14.3 Å². The maximum Gasteiger partial charge on any atom is 0.259 e. The summed E-state index contributed by atoms with van der Waals surface area (Å²) in [7, 11) is 0. The van der Waals surface area contributed by atoms with E-state index in [0.717, 1.165) is 5.69 Å². The van der Waals surface area contributed by atoms with Crippen LogP contribution in [0.3, 0.4) is 0 Å². The molecule has 1 aliphatic heterocycles. The van der Waals surface area contributed by atoms with Crippen LogP contribution in [0.25, 0.3) is 17.0 Å². The van der Waals surface area contributed by atoms with Crippen LogP contribution in [0, 0.1) is 6.92 Å². The Morgan fingerprint density at radius 1 is 1.06 bits per heavy atom. The highest BCUT2D eigenvalue weighted by Gasteiger charge is 2.31. The van der Waals surface area contributed by atoms with E-state index in [4.69, 9.17) is 32.8 Å². The lowest BCUT2D eigenvalue weighted by molar-refractivity contribution is 0.0745. The van der Waals surface area contributed by atoms with Gasteiger partial charge in [-0.2, -0.15) is 9.50 Å². The minimum atomic E-state index is -0.172. The number of rotatable bonds is 3. The molecule has 1 saturated heterocycles. The normalized spacial score (nSPS) is 14.7. The molecule has 0 saturated carbocycles. The number of amides is 1. The minimum Gasteiger partial charge on any atom is -0.360 e. The topological polar surface area (TPSA) is 92.7 Å². The summed E-state index contributed by atoms with van der Waals surface area (Å²) in [6.45, 7) is 10.3. The van der Waals surface area contributed by atoms with Crippen LogP contribution in [-0.2, 0) is 5.41 Å². The fourth-order valence-electron chi connectivity index (χ4n) is 4.27. The Kier molecular flexibility index (Phi) is 5.93. The molecule has 1 aliphatic rings. The number of hydrogen-bond donors (Lipinski definition) is 0. The van der Waals surface area contributed by atoms with E-state index in [0.29, 0.717) is 70.5 Å². The predicted octanol–water partition coefficient (Wildman–Crippen LogP) is 4.65. The second-order valence-corrected chi connectivity index (χ2v) is 10.4. The van der Waals surface area contributed by atoms with Crippen LogP contribution in [0.15, 0.2) is 35.0 Å². The van der Waals surface area contributed by atoms with Gasteiger partial charge in [-0.05, 0) is 25.1 Å². The Hall–Kier alpha value is -3.17. The summed E-state index contributed by atoms with van der Waals surface area (Å²) in [4.78, 5) is 26.4. The summed E-state index contributed by atoms with van der Waals surface area (Å²) >= 11 is 12.8. The molecule has 4 aromatic rings. The van der Waals surface area contributed by atoms with Crippen molar-refractivity contribution in [1.29, 1.82) is 0 Å². The lowest BCUT2D eigenvalue weighted by Crippen LogP contribution is -2.49. The highest BCUT2D eigenvalue weighted by Crippen LogP contribution is 2.37. The molecule has 0 spiro atoms. The maximum atomic E-state index is 13.5. The van der Waals surface area contributed by atoms with Gasteiger partial charge in [-0.3, -0.25) is 4.79 Å². The zero-order chi connectivity index (χ0) is 24.9.